The number of hydrogen-bond donors (Lipinski definition) is 1. The summed E-state index contributed by atoms with van der Waals surface area (Å²) < 4.78 is 17.2. The van der Waals surface area contributed by atoms with Crippen LogP contribution in [0.1, 0.15) is 20.8 Å². The Morgan fingerprint density at radius 1 is 0.806 bits per heavy atom. The molecule has 0 saturated heterocycles. The minimum Gasteiger partial charge on any atom is -0.543 e. The summed E-state index contributed by atoms with van der Waals surface area (Å²) in [5, 5.41) is 13.0. The molecule has 0 unspecified atom stereocenters. The first-order chi connectivity index (χ1) is 14.5. The third-order valence-corrected chi connectivity index (χ3v) is 10.8. The van der Waals surface area contributed by atoms with Crippen molar-refractivity contribution in [2.75, 3.05) is 0 Å². The van der Waals surface area contributed by atoms with E-state index in [2.05, 4.69) is 33.9 Å². The van der Waals surface area contributed by atoms with Crippen molar-refractivity contribution in [1.82, 2.24) is 0 Å². The van der Waals surface area contributed by atoms with Crippen molar-refractivity contribution in [3.8, 4) is 11.5 Å². The molecule has 0 spiro atoms. The van der Waals surface area contributed by atoms with Crippen LogP contribution in [0, 0.1) is 20.9 Å². The number of phenols is 1. The summed E-state index contributed by atoms with van der Waals surface area (Å²) in [4.78, 5) is 25.3. The van der Waals surface area contributed by atoms with Gasteiger partial charge in [0.1, 0.15) is 22.7 Å². The van der Waals surface area contributed by atoms with E-state index in [4.69, 9.17) is 13.3 Å². The van der Waals surface area contributed by atoms with Gasteiger partial charge >= 0.3 is 11.3 Å². The van der Waals surface area contributed by atoms with E-state index in [-0.39, 0.29) is 26.8 Å². The standard InChI is InChI=1S/C24H22O6Si/c1-24(2,3)31(4,5)30-13-7-9-15-17(11-13)29-23(27)21-19(15)18-14-8-6-12(25)10-16(14)28-22(26)20(18)21/h6-11,25H,1-5H3. The molecule has 5 rings (SSSR count). The van der Waals surface area contributed by atoms with Crippen LogP contribution in [0.3, 0.4) is 0 Å². The molecule has 0 fully saturated rings. The molecule has 2 aromatic carbocycles. The second-order valence-electron chi connectivity index (χ2n) is 9.48. The highest BCUT2D eigenvalue weighted by Crippen LogP contribution is 2.38. The molecule has 0 amide bonds. The van der Waals surface area contributed by atoms with Crippen molar-refractivity contribution in [3.63, 3.8) is 0 Å². The highest BCUT2D eigenvalue weighted by atomic mass is 28.4. The van der Waals surface area contributed by atoms with Crippen LogP contribution in [0.5, 0.6) is 11.5 Å². The van der Waals surface area contributed by atoms with Crippen LogP contribution in [-0.2, 0) is 0 Å². The SMILES string of the molecule is CC(C)(C)[Si](C)(C)Oc1ccc2c3c(c(=O)oc2c1)=c1c(=O)oc2cc(O)ccc2c1=3. The lowest BCUT2D eigenvalue weighted by molar-refractivity contribution is 0.472. The molecule has 4 aromatic rings. The lowest BCUT2D eigenvalue weighted by Gasteiger charge is -2.36. The maximum absolute atomic E-state index is 12.7. The van der Waals surface area contributed by atoms with Gasteiger partial charge < -0.3 is 18.4 Å². The first-order valence-electron chi connectivity index (χ1n) is 10.1. The summed E-state index contributed by atoms with van der Waals surface area (Å²) in [5.74, 6) is 0.657. The molecule has 2 heterocycles. The lowest BCUT2D eigenvalue weighted by atomic mass is 9.98. The number of benzene rings is 2. The van der Waals surface area contributed by atoms with Crippen molar-refractivity contribution in [1.29, 1.82) is 0 Å². The van der Waals surface area contributed by atoms with Crippen LogP contribution in [0.25, 0.3) is 21.9 Å². The summed E-state index contributed by atoms with van der Waals surface area (Å²) in [5.41, 5.74) is -0.519. The third-order valence-electron chi connectivity index (χ3n) is 6.45. The Morgan fingerprint density at radius 2 is 1.32 bits per heavy atom. The van der Waals surface area contributed by atoms with E-state index in [0.717, 1.165) is 5.39 Å². The van der Waals surface area contributed by atoms with Crippen LogP contribution in [0.15, 0.2) is 54.8 Å². The van der Waals surface area contributed by atoms with Crippen LogP contribution >= 0.6 is 0 Å². The van der Waals surface area contributed by atoms with Gasteiger partial charge in [-0.3, -0.25) is 0 Å². The van der Waals surface area contributed by atoms with E-state index in [9.17, 15) is 14.7 Å². The molecule has 0 atom stereocenters. The number of phenolic OH excluding ortho intramolecular Hbond substituents is 1. The van der Waals surface area contributed by atoms with E-state index in [1.807, 2.05) is 12.1 Å². The van der Waals surface area contributed by atoms with Crippen molar-refractivity contribution in [3.05, 3.63) is 78.1 Å². The Labute approximate surface area is 177 Å². The van der Waals surface area contributed by atoms with Crippen LogP contribution in [0.4, 0.5) is 0 Å². The molecule has 0 aliphatic heterocycles. The minimum atomic E-state index is -2.06. The van der Waals surface area contributed by atoms with Gasteiger partial charge in [0.2, 0.25) is 8.32 Å². The molecule has 7 heteroatoms. The highest BCUT2D eigenvalue weighted by molar-refractivity contribution is 6.74. The molecule has 0 bridgehead atoms. The van der Waals surface area contributed by atoms with E-state index in [1.54, 1.807) is 12.1 Å². The minimum absolute atomic E-state index is 0.000000693. The zero-order chi connectivity index (χ0) is 22.3. The Hall–Kier alpha value is -3.32. The molecule has 158 valence electrons. The van der Waals surface area contributed by atoms with Crippen molar-refractivity contribution in [2.24, 2.45) is 0 Å². The topological polar surface area (TPSA) is 89.9 Å². The Morgan fingerprint density at radius 3 is 1.87 bits per heavy atom. The summed E-state index contributed by atoms with van der Waals surface area (Å²) in [6, 6.07) is 10.1. The summed E-state index contributed by atoms with van der Waals surface area (Å²) in [7, 11) is -2.06. The summed E-state index contributed by atoms with van der Waals surface area (Å²) >= 11 is 0. The smallest absolute Gasteiger partial charge is 0.345 e. The molecule has 1 aliphatic rings. The Bertz CT molecular complexity index is 1720. The first-order valence-corrected chi connectivity index (χ1v) is 13.0. The van der Waals surface area contributed by atoms with Crippen molar-refractivity contribution < 1.29 is 18.4 Å². The van der Waals surface area contributed by atoms with Crippen molar-refractivity contribution >= 4 is 30.3 Å². The number of fused-ring (bicyclic) bond motifs is 6. The monoisotopic (exact) mass is 434 g/mol. The number of aromatic hydroxyl groups is 1. The fourth-order valence-electron chi connectivity index (χ4n) is 3.79. The normalized spacial score (nSPS) is 13.1. The van der Waals surface area contributed by atoms with Crippen molar-refractivity contribution in [2.45, 2.75) is 38.9 Å². The van der Waals surface area contributed by atoms with Crippen LogP contribution in [0.2, 0.25) is 18.1 Å². The average molecular weight is 435 g/mol. The first kappa shape index (κ1) is 19.6. The van der Waals surface area contributed by atoms with E-state index < -0.39 is 19.6 Å². The quantitative estimate of drug-likeness (QED) is 0.315. The second-order valence-corrected chi connectivity index (χ2v) is 14.2. The zero-order valence-electron chi connectivity index (χ0n) is 18.0. The maximum atomic E-state index is 12.7. The number of rotatable bonds is 2. The Balaban J connectivity index is 1.84. The van der Waals surface area contributed by atoms with Gasteiger partial charge in [0, 0.05) is 33.3 Å². The van der Waals surface area contributed by atoms with Gasteiger partial charge in [-0.05, 0) is 42.4 Å². The van der Waals surface area contributed by atoms with Gasteiger partial charge in [0.25, 0.3) is 0 Å². The number of hydrogen-bond acceptors (Lipinski definition) is 6. The molecule has 31 heavy (non-hydrogen) atoms. The van der Waals surface area contributed by atoms with E-state index in [1.165, 1.54) is 12.1 Å². The zero-order valence-corrected chi connectivity index (χ0v) is 19.0. The molecule has 6 nitrogen and oxygen atoms in total. The second kappa shape index (κ2) is 6.10. The highest BCUT2D eigenvalue weighted by Gasteiger charge is 2.39. The van der Waals surface area contributed by atoms with Crippen LogP contribution in [-0.4, -0.2) is 13.4 Å². The molecule has 2 aromatic heterocycles. The van der Waals surface area contributed by atoms with Crippen LogP contribution < -0.4 is 15.7 Å². The van der Waals surface area contributed by atoms with Gasteiger partial charge in [0.15, 0.2) is 0 Å². The molecule has 1 aliphatic carbocycles. The van der Waals surface area contributed by atoms with Gasteiger partial charge in [-0.15, -0.1) is 0 Å². The van der Waals surface area contributed by atoms with E-state index >= 15 is 0 Å². The molecule has 0 radical (unpaired) electrons. The largest absolute Gasteiger partial charge is 0.543 e. The van der Waals surface area contributed by atoms with Gasteiger partial charge in [-0.2, -0.15) is 0 Å². The van der Waals surface area contributed by atoms with Gasteiger partial charge in [0.05, 0.1) is 10.4 Å². The molecular formula is C24H22O6Si. The third kappa shape index (κ3) is 2.76. The summed E-state index contributed by atoms with van der Waals surface area (Å²) in [6.07, 6.45) is 0. The average Bonchev–Trinajstić information content (AvgIpc) is 2.62. The fraction of sp³-hybridized carbons (Fsp3) is 0.250. The molecule has 1 N–H and O–H groups in total. The lowest BCUT2D eigenvalue weighted by Crippen LogP contribution is -2.43. The molecular weight excluding hydrogens is 412 g/mol. The predicted molar refractivity (Wildman–Crippen MR) is 120 cm³/mol. The maximum Gasteiger partial charge on any atom is 0.345 e. The predicted octanol–water partition coefficient (Wildman–Crippen LogP) is 4.88. The Kier molecular flexibility index (Phi) is 3.87. The fourth-order valence-corrected chi connectivity index (χ4v) is 4.82. The summed E-state index contributed by atoms with van der Waals surface area (Å²) in [6.45, 7) is 10.8. The van der Waals surface area contributed by atoms with E-state index in [0.29, 0.717) is 27.2 Å². The van der Waals surface area contributed by atoms with Gasteiger partial charge in [-0.1, -0.05) is 20.8 Å². The van der Waals surface area contributed by atoms with Gasteiger partial charge in [-0.25, -0.2) is 9.59 Å². The molecule has 0 saturated carbocycles.